The minimum Gasteiger partial charge on any atom is -0.446 e. The Hall–Kier alpha value is -1.79. The molecule has 0 aliphatic heterocycles. The van der Waals surface area contributed by atoms with E-state index in [9.17, 15) is 8.42 Å². The summed E-state index contributed by atoms with van der Waals surface area (Å²) >= 11 is 0. The molecule has 0 aliphatic rings. The zero-order valence-electron chi connectivity index (χ0n) is 11.5. The van der Waals surface area contributed by atoms with Crippen molar-refractivity contribution in [2.24, 2.45) is 5.14 Å². The second kappa shape index (κ2) is 5.68. The Labute approximate surface area is 118 Å². The average Bonchev–Trinajstić information content (AvgIpc) is 2.85. The SMILES string of the molecule is CC(C)c1ccccc1NCc1ccc(S(N)(=O)=O)o1. The molecular formula is C14H18N2O3S. The van der Waals surface area contributed by atoms with Crippen LogP contribution in [0.2, 0.25) is 0 Å². The third-order valence-corrected chi connectivity index (χ3v) is 3.73. The number of furan rings is 1. The summed E-state index contributed by atoms with van der Waals surface area (Å²) in [5.41, 5.74) is 2.21. The van der Waals surface area contributed by atoms with Crippen LogP contribution in [-0.2, 0) is 16.6 Å². The summed E-state index contributed by atoms with van der Waals surface area (Å²) in [5.74, 6) is 0.919. The van der Waals surface area contributed by atoms with E-state index in [1.54, 1.807) is 6.07 Å². The summed E-state index contributed by atoms with van der Waals surface area (Å²) in [4.78, 5) is 0. The lowest BCUT2D eigenvalue weighted by atomic mass is 10.0. The van der Waals surface area contributed by atoms with Crippen LogP contribution in [0.3, 0.4) is 0 Å². The second-order valence-corrected chi connectivity index (χ2v) is 6.35. The highest BCUT2D eigenvalue weighted by Crippen LogP contribution is 2.24. The molecule has 0 fully saturated rings. The van der Waals surface area contributed by atoms with Crippen LogP contribution >= 0.6 is 0 Å². The van der Waals surface area contributed by atoms with E-state index in [2.05, 4.69) is 25.2 Å². The molecule has 0 saturated heterocycles. The van der Waals surface area contributed by atoms with E-state index in [4.69, 9.17) is 9.56 Å². The fraction of sp³-hybridized carbons (Fsp3) is 0.286. The Morgan fingerprint density at radius 2 is 1.90 bits per heavy atom. The Morgan fingerprint density at radius 1 is 1.20 bits per heavy atom. The number of rotatable bonds is 5. The maximum Gasteiger partial charge on any atom is 0.271 e. The molecule has 1 heterocycles. The third kappa shape index (κ3) is 3.40. The molecular weight excluding hydrogens is 276 g/mol. The van der Waals surface area contributed by atoms with Gasteiger partial charge in [0.25, 0.3) is 10.0 Å². The molecule has 0 aliphatic carbocycles. The van der Waals surface area contributed by atoms with E-state index in [-0.39, 0.29) is 5.09 Å². The van der Waals surface area contributed by atoms with E-state index < -0.39 is 10.0 Å². The van der Waals surface area contributed by atoms with Crippen LogP contribution in [0.25, 0.3) is 0 Å². The number of para-hydroxylation sites is 1. The Morgan fingerprint density at radius 3 is 2.50 bits per heavy atom. The lowest BCUT2D eigenvalue weighted by Gasteiger charge is -2.13. The topological polar surface area (TPSA) is 85.3 Å². The Kier molecular flexibility index (Phi) is 4.15. The highest BCUT2D eigenvalue weighted by atomic mass is 32.2. The van der Waals surface area contributed by atoms with Crippen molar-refractivity contribution in [3.63, 3.8) is 0 Å². The van der Waals surface area contributed by atoms with Crippen molar-refractivity contribution in [3.8, 4) is 0 Å². The summed E-state index contributed by atoms with van der Waals surface area (Å²) in [7, 11) is -3.78. The molecule has 6 heteroatoms. The van der Waals surface area contributed by atoms with Gasteiger partial charge in [-0.3, -0.25) is 0 Å². The summed E-state index contributed by atoms with van der Waals surface area (Å²) in [5, 5.41) is 8.03. The molecule has 2 rings (SSSR count). The quantitative estimate of drug-likeness (QED) is 0.887. The van der Waals surface area contributed by atoms with Gasteiger partial charge in [0.15, 0.2) is 0 Å². The Balaban J connectivity index is 2.12. The monoisotopic (exact) mass is 294 g/mol. The summed E-state index contributed by atoms with van der Waals surface area (Å²) < 4.78 is 27.4. The zero-order chi connectivity index (χ0) is 14.8. The van der Waals surface area contributed by atoms with E-state index in [1.807, 2.05) is 18.2 Å². The van der Waals surface area contributed by atoms with Crippen molar-refractivity contribution in [3.05, 3.63) is 47.7 Å². The van der Waals surface area contributed by atoms with Gasteiger partial charge >= 0.3 is 0 Å². The van der Waals surface area contributed by atoms with Gasteiger partial charge in [-0.05, 0) is 29.7 Å². The molecule has 0 amide bonds. The van der Waals surface area contributed by atoms with Gasteiger partial charge in [0, 0.05) is 5.69 Å². The molecule has 0 spiro atoms. The van der Waals surface area contributed by atoms with Crippen LogP contribution in [0.1, 0.15) is 31.1 Å². The van der Waals surface area contributed by atoms with E-state index in [0.717, 1.165) is 5.69 Å². The van der Waals surface area contributed by atoms with E-state index in [1.165, 1.54) is 11.6 Å². The number of nitrogens with one attached hydrogen (secondary N) is 1. The minimum atomic E-state index is -3.78. The van der Waals surface area contributed by atoms with Crippen LogP contribution in [0.15, 0.2) is 45.9 Å². The fourth-order valence-corrected chi connectivity index (χ4v) is 2.43. The van der Waals surface area contributed by atoms with Gasteiger partial charge in [-0.25, -0.2) is 13.6 Å². The number of sulfonamides is 1. The van der Waals surface area contributed by atoms with Gasteiger partial charge in [0.05, 0.1) is 6.54 Å². The summed E-state index contributed by atoms with van der Waals surface area (Å²) in [6, 6.07) is 11.0. The number of hydrogen-bond donors (Lipinski definition) is 2. The molecule has 5 nitrogen and oxygen atoms in total. The molecule has 1 aromatic heterocycles. The molecule has 0 bridgehead atoms. The number of primary sulfonamides is 1. The average molecular weight is 294 g/mol. The predicted octanol–water partition coefficient (Wildman–Crippen LogP) is 2.66. The van der Waals surface area contributed by atoms with Gasteiger partial charge in [-0.15, -0.1) is 0 Å². The second-order valence-electron chi connectivity index (χ2n) is 4.86. The summed E-state index contributed by atoms with van der Waals surface area (Å²) in [6.45, 7) is 4.64. The molecule has 1 aromatic carbocycles. The van der Waals surface area contributed by atoms with Crippen LogP contribution in [0, 0.1) is 0 Å². The van der Waals surface area contributed by atoms with Gasteiger partial charge < -0.3 is 9.73 Å². The molecule has 3 N–H and O–H groups in total. The molecule has 108 valence electrons. The van der Waals surface area contributed by atoms with Crippen LogP contribution < -0.4 is 10.5 Å². The molecule has 0 saturated carbocycles. The first-order valence-corrected chi connectivity index (χ1v) is 7.87. The number of hydrogen-bond acceptors (Lipinski definition) is 4. The largest absolute Gasteiger partial charge is 0.446 e. The fourth-order valence-electron chi connectivity index (χ4n) is 1.95. The standard InChI is InChI=1S/C14H18N2O3S/c1-10(2)12-5-3-4-6-13(12)16-9-11-7-8-14(19-11)20(15,17)18/h3-8,10,16H,9H2,1-2H3,(H2,15,17,18). The molecule has 20 heavy (non-hydrogen) atoms. The van der Waals surface area contributed by atoms with Crippen molar-refractivity contribution in [2.45, 2.75) is 31.4 Å². The van der Waals surface area contributed by atoms with Crippen LogP contribution in [-0.4, -0.2) is 8.42 Å². The van der Waals surface area contributed by atoms with Gasteiger partial charge in [0.2, 0.25) is 5.09 Å². The normalized spacial score (nSPS) is 11.8. The number of anilines is 1. The zero-order valence-corrected chi connectivity index (χ0v) is 12.3. The van der Waals surface area contributed by atoms with Crippen molar-refractivity contribution in [1.82, 2.24) is 0 Å². The maximum atomic E-state index is 11.1. The number of benzene rings is 1. The predicted molar refractivity (Wildman–Crippen MR) is 77.9 cm³/mol. The van der Waals surface area contributed by atoms with E-state index >= 15 is 0 Å². The highest BCUT2D eigenvalue weighted by Gasteiger charge is 2.13. The van der Waals surface area contributed by atoms with Crippen molar-refractivity contribution in [1.29, 1.82) is 0 Å². The smallest absolute Gasteiger partial charge is 0.271 e. The molecule has 0 atom stereocenters. The molecule has 0 unspecified atom stereocenters. The van der Waals surface area contributed by atoms with Gasteiger partial charge in [-0.2, -0.15) is 0 Å². The minimum absolute atomic E-state index is 0.216. The van der Waals surface area contributed by atoms with Crippen LogP contribution in [0.4, 0.5) is 5.69 Å². The lowest BCUT2D eigenvalue weighted by Crippen LogP contribution is -2.10. The molecule has 0 radical (unpaired) electrons. The first kappa shape index (κ1) is 14.6. The first-order valence-electron chi connectivity index (χ1n) is 6.32. The highest BCUT2D eigenvalue weighted by molar-refractivity contribution is 7.89. The van der Waals surface area contributed by atoms with Crippen molar-refractivity contribution < 1.29 is 12.8 Å². The third-order valence-electron chi connectivity index (χ3n) is 2.95. The lowest BCUT2D eigenvalue weighted by molar-refractivity contribution is 0.419. The van der Waals surface area contributed by atoms with Gasteiger partial charge in [0.1, 0.15) is 5.76 Å². The van der Waals surface area contributed by atoms with E-state index in [0.29, 0.717) is 18.2 Å². The van der Waals surface area contributed by atoms with Crippen molar-refractivity contribution in [2.75, 3.05) is 5.32 Å². The van der Waals surface area contributed by atoms with Crippen LogP contribution in [0.5, 0.6) is 0 Å². The van der Waals surface area contributed by atoms with Crippen molar-refractivity contribution >= 4 is 15.7 Å². The number of nitrogens with two attached hydrogens (primary N) is 1. The maximum absolute atomic E-state index is 11.1. The van der Waals surface area contributed by atoms with Gasteiger partial charge in [-0.1, -0.05) is 32.0 Å². The first-order chi connectivity index (χ1) is 9.38. The summed E-state index contributed by atoms with van der Waals surface area (Å²) in [6.07, 6.45) is 0. The molecule has 2 aromatic rings. The Bertz CT molecular complexity index is 690.